The Bertz CT molecular complexity index is 146. The lowest BCUT2D eigenvalue weighted by molar-refractivity contribution is -0.890. The number of ether oxygens (including phenoxy) is 1. The molecule has 0 aromatic carbocycles. The van der Waals surface area contributed by atoms with Gasteiger partial charge in [-0.05, 0) is 13.3 Å². The SMILES string of the molecule is CCCCC([NH+](C)C)C1(C)CO1.[Cl-]. The lowest BCUT2D eigenvalue weighted by Gasteiger charge is -2.24. The minimum Gasteiger partial charge on any atom is -1.00 e. The Balaban J connectivity index is 0.00000144. The van der Waals surface area contributed by atoms with Crippen molar-refractivity contribution in [3.63, 3.8) is 0 Å². The quantitative estimate of drug-likeness (QED) is 0.493. The maximum absolute atomic E-state index is 5.50. The zero-order chi connectivity index (χ0) is 9.19. The molecule has 2 nitrogen and oxygen atoms in total. The number of unbranched alkanes of at least 4 members (excludes halogenated alkanes) is 1. The molecule has 1 rings (SSSR count). The Morgan fingerprint density at radius 1 is 1.46 bits per heavy atom. The van der Waals surface area contributed by atoms with Gasteiger partial charge in [-0.1, -0.05) is 13.3 Å². The highest BCUT2D eigenvalue weighted by Gasteiger charge is 2.50. The number of epoxide rings is 1. The monoisotopic (exact) mass is 207 g/mol. The lowest BCUT2D eigenvalue weighted by Crippen LogP contribution is -3.11. The van der Waals surface area contributed by atoms with Gasteiger partial charge in [0.15, 0.2) is 0 Å². The number of hydrogen-bond acceptors (Lipinski definition) is 1. The van der Waals surface area contributed by atoms with Gasteiger partial charge in [-0.3, -0.25) is 0 Å². The summed E-state index contributed by atoms with van der Waals surface area (Å²) in [5, 5.41) is 0. The molecule has 1 saturated heterocycles. The average molecular weight is 208 g/mol. The van der Waals surface area contributed by atoms with Crippen LogP contribution >= 0.6 is 0 Å². The van der Waals surface area contributed by atoms with Crippen LogP contribution in [0.25, 0.3) is 0 Å². The van der Waals surface area contributed by atoms with Crippen molar-refractivity contribution in [2.24, 2.45) is 0 Å². The molecule has 1 aliphatic heterocycles. The zero-order valence-corrected chi connectivity index (χ0v) is 9.95. The van der Waals surface area contributed by atoms with E-state index in [1.165, 1.54) is 24.2 Å². The summed E-state index contributed by atoms with van der Waals surface area (Å²) < 4.78 is 5.50. The van der Waals surface area contributed by atoms with Crippen molar-refractivity contribution in [2.75, 3.05) is 20.7 Å². The summed E-state index contributed by atoms with van der Waals surface area (Å²) in [6, 6.07) is 0.692. The van der Waals surface area contributed by atoms with E-state index >= 15 is 0 Å². The standard InChI is InChI=1S/C10H21NO.ClH/c1-5-6-7-9(11(3)4)10(2)8-12-10;/h9H,5-8H2,1-4H3;1H. The van der Waals surface area contributed by atoms with E-state index in [0.717, 1.165) is 6.61 Å². The van der Waals surface area contributed by atoms with Crippen molar-refractivity contribution in [3.8, 4) is 0 Å². The predicted molar refractivity (Wildman–Crippen MR) is 50.5 cm³/mol. The van der Waals surface area contributed by atoms with Gasteiger partial charge in [0, 0.05) is 6.42 Å². The molecule has 2 atom stereocenters. The molecular weight excluding hydrogens is 186 g/mol. The number of quaternary nitrogens is 1. The summed E-state index contributed by atoms with van der Waals surface area (Å²) in [6.07, 6.45) is 3.92. The van der Waals surface area contributed by atoms with Gasteiger partial charge in [0.05, 0.1) is 20.7 Å². The maximum Gasteiger partial charge on any atom is 0.140 e. The third kappa shape index (κ3) is 3.45. The highest BCUT2D eigenvalue weighted by Crippen LogP contribution is 2.30. The van der Waals surface area contributed by atoms with E-state index < -0.39 is 0 Å². The molecule has 0 radical (unpaired) electrons. The maximum atomic E-state index is 5.50. The van der Waals surface area contributed by atoms with Crippen molar-refractivity contribution in [1.29, 1.82) is 0 Å². The van der Waals surface area contributed by atoms with Crippen LogP contribution in [0.3, 0.4) is 0 Å². The molecule has 1 aliphatic rings. The van der Waals surface area contributed by atoms with E-state index in [9.17, 15) is 0 Å². The molecule has 0 aliphatic carbocycles. The van der Waals surface area contributed by atoms with Crippen LogP contribution < -0.4 is 17.3 Å². The Hall–Kier alpha value is 0.210. The summed E-state index contributed by atoms with van der Waals surface area (Å²) in [4.78, 5) is 1.53. The van der Waals surface area contributed by atoms with E-state index in [4.69, 9.17) is 4.74 Å². The second kappa shape index (κ2) is 5.18. The summed E-state index contributed by atoms with van der Waals surface area (Å²) in [5.41, 5.74) is 0.202. The minimum atomic E-state index is 0. The molecule has 0 saturated carbocycles. The summed E-state index contributed by atoms with van der Waals surface area (Å²) in [6.45, 7) is 5.45. The van der Waals surface area contributed by atoms with Crippen LogP contribution in [0, 0.1) is 0 Å². The number of halogens is 1. The molecule has 0 bridgehead atoms. The number of rotatable bonds is 5. The Morgan fingerprint density at radius 2 is 2.00 bits per heavy atom. The predicted octanol–water partition coefficient (Wildman–Crippen LogP) is -2.52. The van der Waals surface area contributed by atoms with Gasteiger partial charge >= 0.3 is 0 Å². The van der Waals surface area contributed by atoms with Gasteiger partial charge in [0.2, 0.25) is 0 Å². The molecule has 1 N–H and O–H groups in total. The van der Waals surface area contributed by atoms with Gasteiger partial charge < -0.3 is 22.0 Å². The van der Waals surface area contributed by atoms with Gasteiger partial charge in [-0.15, -0.1) is 0 Å². The average Bonchev–Trinajstić information content (AvgIpc) is 2.69. The fourth-order valence-corrected chi connectivity index (χ4v) is 1.93. The molecule has 0 aromatic rings. The first kappa shape index (κ1) is 13.2. The molecule has 2 unspecified atom stereocenters. The minimum absolute atomic E-state index is 0. The lowest BCUT2D eigenvalue weighted by atomic mass is 9.96. The fraction of sp³-hybridized carbons (Fsp3) is 1.00. The fourth-order valence-electron chi connectivity index (χ4n) is 1.93. The summed E-state index contributed by atoms with van der Waals surface area (Å²) >= 11 is 0. The van der Waals surface area contributed by atoms with E-state index in [-0.39, 0.29) is 18.0 Å². The topological polar surface area (TPSA) is 17.0 Å². The van der Waals surface area contributed by atoms with Gasteiger partial charge in [-0.25, -0.2) is 0 Å². The zero-order valence-electron chi connectivity index (χ0n) is 9.19. The molecule has 0 aromatic heterocycles. The number of nitrogens with one attached hydrogen (secondary N) is 1. The van der Waals surface area contributed by atoms with Crippen LogP contribution in [0.15, 0.2) is 0 Å². The first-order valence-corrected chi connectivity index (χ1v) is 5.04. The van der Waals surface area contributed by atoms with E-state index in [2.05, 4.69) is 27.9 Å². The smallest absolute Gasteiger partial charge is 0.140 e. The highest BCUT2D eigenvalue weighted by molar-refractivity contribution is 4.93. The third-order valence-corrected chi connectivity index (χ3v) is 2.88. The van der Waals surface area contributed by atoms with E-state index in [0.29, 0.717) is 6.04 Å². The van der Waals surface area contributed by atoms with E-state index in [1.807, 2.05) is 0 Å². The van der Waals surface area contributed by atoms with Gasteiger partial charge in [-0.2, -0.15) is 0 Å². The Kier molecular flexibility index (Phi) is 5.26. The molecule has 1 fully saturated rings. The van der Waals surface area contributed by atoms with Crippen molar-refractivity contribution >= 4 is 0 Å². The second-order valence-corrected chi connectivity index (χ2v) is 4.37. The Labute approximate surface area is 88.0 Å². The third-order valence-electron chi connectivity index (χ3n) is 2.88. The molecule has 0 amide bonds. The molecule has 3 heteroatoms. The van der Waals surface area contributed by atoms with Crippen LogP contribution in [0.1, 0.15) is 33.1 Å². The summed E-state index contributed by atoms with van der Waals surface area (Å²) in [5.74, 6) is 0. The largest absolute Gasteiger partial charge is 1.00 e. The van der Waals surface area contributed by atoms with Crippen LogP contribution in [0.5, 0.6) is 0 Å². The first-order chi connectivity index (χ1) is 5.60. The molecule has 80 valence electrons. The Morgan fingerprint density at radius 3 is 2.31 bits per heavy atom. The van der Waals surface area contributed by atoms with Gasteiger partial charge in [0.25, 0.3) is 0 Å². The number of likely N-dealkylation sites (N-methyl/N-ethyl adjacent to an activating group) is 1. The van der Waals surface area contributed by atoms with Crippen molar-refractivity contribution < 1.29 is 22.0 Å². The van der Waals surface area contributed by atoms with Crippen molar-refractivity contribution in [2.45, 2.75) is 44.8 Å². The normalized spacial score (nSPS) is 28.4. The molecule has 0 spiro atoms. The summed E-state index contributed by atoms with van der Waals surface area (Å²) in [7, 11) is 4.46. The molecule has 13 heavy (non-hydrogen) atoms. The molecular formula is C10H22ClNO. The van der Waals surface area contributed by atoms with Crippen LogP contribution in [-0.2, 0) is 4.74 Å². The van der Waals surface area contributed by atoms with Gasteiger partial charge in [0.1, 0.15) is 11.6 Å². The van der Waals surface area contributed by atoms with Crippen LogP contribution in [0.4, 0.5) is 0 Å². The highest BCUT2D eigenvalue weighted by atomic mass is 35.5. The van der Waals surface area contributed by atoms with E-state index in [1.54, 1.807) is 0 Å². The van der Waals surface area contributed by atoms with Crippen LogP contribution in [0.2, 0.25) is 0 Å². The second-order valence-electron chi connectivity index (χ2n) is 4.37. The molecule has 1 heterocycles. The first-order valence-electron chi connectivity index (χ1n) is 5.04. The van der Waals surface area contributed by atoms with Crippen LogP contribution in [-0.4, -0.2) is 32.3 Å². The van der Waals surface area contributed by atoms with Crippen molar-refractivity contribution in [1.82, 2.24) is 0 Å². The van der Waals surface area contributed by atoms with Crippen molar-refractivity contribution in [3.05, 3.63) is 0 Å². The number of hydrogen-bond donors (Lipinski definition) is 1.